The Labute approximate surface area is 55.7 Å². The summed E-state index contributed by atoms with van der Waals surface area (Å²) in [5.41, 5.74) is 0. The minimum atomic E-state index is -3.67. The van der Waals surface area contributed by atoms with E-state index < -0.39 is 6.68 Å². The van der Waals surface area contributed by atoms with Crippen LogP contribution < -0.4 is 0 Å². The van der Waals surface area contributed by atoms with Gasteiger partial charge in [-0.1, -0.05) is 0 Å². The molecule has 0 amide bonds. The standard InChI is InChI=1S/C4H4N2.CHF3/c1-2-6-4-3-5-1;2-1(3)4/h1-4H;1H. The molecule has 0 fully saturated rings. The van der Waals surface area contributed by atoms with Gasteiger partial charge in [0.05, 0.1) is 0 Å². The quantitative estimate of drug-likeness (QED) is 0.562. The van der Waals surface area contributed by atoms with Gasteiger partial charge in [0.25, 0.3) is 0 Å². The van der Waals surface area contributed by atoms with Crippen molar-refractivity contribution in [1.82, 2.24) is 9.97 Å². The van der Waals surface area contributed by atoms with Gasteiger partial charge in [-0.05, 0) is 0 Å². The van der Waals surface area contributed by atoms with Crippen molar-refractivity contribution in [2.24, 2.45) is 0 Å². The van der Waals surface area contributed by atoms with Crippen LogP contribution in [0.4, 0.5) is 13.2 Å². The fraction of sp³-hybridized carbons (Fsp3) is 0.200. The van der Waals surface area contributed by atoms with Crippen LogP contribution in [0, 0.1) is 0 Å². The van der Waals surface area contributed by atoms with E-state index in [-0.39, 0.29) is 0 Å². The van der Waals surface area contributed by atoms with Gasteiger partial charge in [-0.2, -0.15) is 13.2 Å². The summed E-state index contributed by atoms with van der Waals surface area (Å²) in [5, 5.41) is 0. The maximum absolute atomic E-state index is 9.67. The average molecular weight is 150 g/mol. The number of aromatic nitrogens is 2. The Morgan fingerprint density at radius 2 is 1.00 bits per heavy atom. The largest absolute Gasteiger partial charge is 0.379 e. The van der Waals surface area contributed by atoms with Gasteiger partial charge in [0, 0.05) is 24.8 Å². The van der Waals surface area contributed by atoms with Gasteiger partial charge >= 0.3 is 6.68 Å². The first-order valence-corrected chi connectivity index (χ1v) is 2.35. The van der Waals surface area contributed by atoms with Gasteiger partial charge in [0.15, 0.2) is 0 Å². The fourth-order valence-corrected chi connectivity index (χ4v) is 0.253. The van der Waals surface area contributed by atoms with E-state index in [1.165, 1.54) is 0 Å². The molecule has 0 spiro atoms. The van der Waals surface area contributed by atoms with E-state index in [0.717, 1.165) is 0 Å². The normalized spacial score (nSPS) is 8.40. The topological polar surface area (TPSA) is 25.8 Å². The first kappa shape index (κ1) is 8.87. The zero-order chi connectivity index (χ0) is 7.82. The molecule has 0 saturated carbocycles. The number of hydrogen-bond donors (Lipinski definition) is 0. The van der Waals surface area contributed by atoms with Crippen LogP contribution in [0.5, 0.6) is 0 Å². The van der Waals surface area contributed by atoms with Gasteiger partial charge in [-0.15, -0.1) is 0 Å². The van der Waals surface area contributed by atoms with E-state index in [0.29, 0.717) is 0 Å². The zero-order valence-electron chi connectivity index (χ0n) is 4.92. The van der Waals surface area contributed by atoms with Crippen LogP contribution in [0.15, 0.2) is 24.8 Å². The lowest BCUT2D eigenvalue weighted by atomic mass is 10.8. The van der Waals surface area contributed by atoms with Gasteiger partial charge in [0.2, 0.25) is 0 Å². The predicted molar refractivity (Wildman–Crippen MR) is 29.1 cm³/mol. The number of alkyl halides is 3. The minimum absolute atomic E-state index is 1.64. The van der Waals surface area contributed by atoms with Crippen molar-refractivity contribution in [2.75, 3.05) is 0 Å². The highest BCUT2D eigenvalue weighted by Crippen LogP contribution is 1.87. The van der Waals surface area contributed by atoms with Crippen molar-refractivity contribution >= 4 is 0 Å². The molecule has 0 aliphatic heterocycles. The van der Waals surface area contributed by atoms with Crippen molar-refractivity contribution < 1.29 is 13.2 Å². The summed E-state index contributed by atoms with van der Waals surface area (Å²) in [6.45, 7) is -3.67. The Bertz CT molecular complexity index is 115. The fourth-order valence-electron chi connectivity index (χ4n) is 0.253. The van der Waals surface area contributed by atoms with Crippen LogP contribution in [0.2, 0.25) is 0 Å². The number of hydrogen-bond acceptors (Lipinski definition) is 2. The van der Waals surface area contributed by atoms with E-state index in [2.05, 4.69) is 9.97 Å². The molecule has 2 nitrogen and oxygen atoms in total. The van der Waals surface area contributed by atoms with Gasteiger partial charge in [-0.25, -0.2) is 0 Å². The lowest BCUT2D eigenvalue weighted by Gasteiger charge is -1.70. The molecular weight excluding hydrogens is 145 g/mol. The Balaban J connectivity index is 0.000000180. The molecule has 0 unspecified atom stereocenters. The lowest BCUT2D eigenvalue weighted by Crippen LogP contribution is -1.66. The van der Waals surface area contributed by atoms with Crippen molar-refractivity contribution in [1.29, 1.82) is 0 Å². The smallest absolute Gasteiger partial charge is 0.262 e. The Hall–Kier alpha value is -1.13. The molecule has 0 saturated heterocycles. The second-order valence-electron chi connectivity index (χ2n) is 1.14. The molecule has 0 atom stereocenters. The second kappa shape index (κ2) is 6.00. The maximum Gasteiger partial charge on any atom is 0.379 e. The maximum atomic E-state index is 9.67. The van der Waals surface area contributed by atoms with E-state index in [4.69, 9.17) is 0 Å². The molecule has 0 aliphatic rings. The zero-order valence-corrected chi connectivity index (χ0v) is 4.92. The third-order valence-electron chi connectivity index (χ3n) is 0.478. The Morgan fingerprint density at radius 1 is 0.800 bits per heavy atom. The average Bonchev–Trinajstić information content (AvgIpc) is 1.90. The molecule has 0 radical (unpaired) electrons. The number of rotatable bonds is 0. The lowest BCUT2D eigenvalue weighted by molar-refractivity contribution is 0.00819. The Kier molecular flexibility index (Phi) is 5.32. The Morgan fingerprint density at radius 3 is 1.10 bits per heavy atom. The highest BCUT2D eigenvalue weighted by Gasteiger charge is 1.86. The van der Waals surface area contributed by atoms with Crippen LogP contribution in [0.25, 0.3) is 0 Å². The SMILES string of the molecule is FC(F)F.c1cnccn1. The first-order chi connectivity index (χ1) is 4.73. The van der Waals surface area contributed by atoms with Crippen molar-refractivity contribution in [3.05, 3.63) is 24.8 Å². The molecular formula is C5H5F3N2. The van der Waals surface area contributed by atoms with Crippen LogP contribution >= 0.6 is 0 Å². The van der Waals surface area contributed by atoms with Gasteiger partial charge < -0.3 is 0 Å². The second-order valence-corrected chi connectivity index (χ2v) is 1.14. The monoisotopic (exact) mass is 150 g/mol. The molecule has 0 bridgehead atoms. The van der Waals surface area contributed by atoms with Crippen molar-refractivity contribution in [2.45, 2.75) is 6.68 Å². The van der Waals surface area contributed by atoms with E-state index in [1.807, 2.05) is 0 Å². The van der Waals surface area contributed by atoms with Crippen LogP contribution in [0.1, 0.15) is 0 Å². The number of halogens is 3. The summed E-state index contributed by atoms with van der Waals surface area (Å²) in [4.78, 5) is 7.44. The first-order valence-electron chi connectivity index (χ1n) is 2.35. The molecule has 0 aliphatic carbocycles. The molecule has 1 aromatic rings. The summed E-state index contributed by atoms with van der Waals surface area (Å²) >= 11 is 0. The van der Waals surface area contributed by atoms with Crippen LogP contribution in [-0.2, 0) is 0 Å². The summed E-state index contributed by atoms with van der Waals surface area (Å²) < 4.78 is 29.0. The summed E-state index contributed by atoms with van der Waals surface area (Å²) in [6, 6.07) is 0. The van der Waals surface area contributed by atoms with Crippen LogP contribution in [0.3, 0.4) is 0 Å². The molecule has 1 heterocycles. The van der Waals surface area contributed by atoms with E-state index in [1.54, 1.807) is 24.8 Å². The summed E-state index contributed by atoms with van der Waals surface area (Å²) in [5.74, 6) is 0. The third-order valence-corrected chi connectivity index (χ3v) is 0.478. The molecule has 5 heteroatoms. The van der Waals surface area contributed by atoms with Crippen LogP contribution in [-0.4, -0.2) is 16.6 Å². The van der Waals surface area contributed by atoms with E-state index in [9.17, 15) is 13.2 Å². The molecule has 0 aromatic carbocycles. The highest BCUT2D eigenvalue weighted by molar-refractivity contribution is 4.70. The molecule has 1 rings (SSSR count). The summed E-state index contributed by atoms with van der Waals surface area (Å²) in [6.07, 6.45) is 6.56. The van der Waals surface area contributed by atoms with E-state index >= 15 is 0 Å². The minimum Gasteiger partial charge on any atom is -0.262 e. The third kappa shape index (κ3) is 9.98. The summed E-state index contributed by atoms with van der Waals surface area (Å²) in [7, 11) is 0. The van der Waals surface area contributed by atoms with Crippen molar-refractivity contribution in [3.63, 3.8) is 0 Å². The highest BCUT2D eigenvalue weighted by atomic mass is 19.4. The van der Waals surface area contributed by atoms with Gasteiger partial charge in [-0.3, -0.25) is 9.97 Å². The molecule has 56 valence electrons. The number of nitrogens with zero attached hydrogens (tertiary/aromatic N) is 2. The van der Waals surface area contributed by atoms with Crippen molar-refractivity contribution in [3.8, 4) is 0 Å². The van der Waals surface area contributed by atoms with Gasteiger partial charge in [0.1, 0.15) is 0 Å². The molecule has 0 N–H and O–H groups in total. The predicted octanol–water partition coefficient (Wildman–Crippen LogP) is 1.66. The molecule has 10 heavy (non-hydrogen) atoms. The molecule has 1 aromatic heterocycles.